The molecule has 2 rings (SSSR count). The second-order valence-corrected chi connectivity index (χ2v) is 6.61. The van der Waals surface area contributed by atoms with Gasteiger partial charge in [0.1, 0.15) is 6.54 Å². The molecular weight excluding hydrogens is 358 g/mol. The summed E-state index contributed by atoms with van der Waals surface area (Å²) in [5.74, 6) is -0.144. The van der Waals surface area contributed by atoms with Gasteiger partial charge in [-0.25, -0.2) is 0 Å². The van der Waals surface area contributed by atoms with E-state index < -0.39 is 23.7 Å². The van der Waals surface area contributed by atoms with Gasteiger partial charge in [-0.05, 0) is 44.7 Å². The molecular formula is C18H21NO6S. The molecule has 0 N–H and O–H groups in total. The highest BCUT2D eigenvalue weighted by Crippen LogP contribution is 2.37. The van der Waals surface area contributed by atoms with Crippen molar-refractivity contribution in [2.45, 2.75) is 26.9 Å². The van der Waals surface area contributed by atoms with Gasteiger partial charge in [0.15, 0.2) is 11.5 Å². The van der Waals surface area contributed by atoms with Gasteiger partial charge in [0, 0.05) is 5.56 Å². The zero-order valence-electron chi connectivity index (χ0n) is 15.1. The van der Waals surface area contributed by atoms with Crippen molar-refractivity contribution in [1.29, 1.82) is 0 Å². The Morgan fingerprint density at radius 1 is 1.31 bits per heavy atom. The molecule has 7 nitrogen and oxygen atoms in total. The van der Waals surface area contributed by atoms with Crippen molar-refractivity contribution in [3.8, 4) is 11.5 Å². The molecule has 0 aliphatic carbocycles. The van der Waals surface area contributed by atoms with Crippen LogP contribution in [-0.4, -0.2) is 48.4 Å². The van der Waals surface area contributed by atoms with E-state index in [9.17, 15) is 14.4 Å². The highest BCUT2D eigenvalue weighted by atomic mass is 32.2. The summed E-state index contributed by atoms with van der Waals surface area (Å²) in [6, 6.07) is 5.27. The van der Waals surface area contributed by atoms with Crippen LogP contribution in [0.5, 0.6) is 11.5 Å². The van der Waals surface area contributed by atoms with E-state index in [1.54, 1.807) is 38.1 Å². The van der Waals surface area contributed by atoms with Crippen LogP contribution in [0.1, 0.15) is 26.3 Å². The molecule has 2 amide bonds. The minimum atomic E-state index is -0.625. The van der Waals surface area contributed by atoms with Gasteiger partial charge in [0.2, 0.25) is 0 Å². The number of esters is 1. The van der Waals surface area contributed by atoms with Crippen LogP contribution < -0.4 is 9.47 Å². The number of hydrogen-bond donors (Lipinski definition) is 0. The van der Waals surface area contributed by atoms with Crippen molar-refractivity contribution in [2.24, 2.45) is 0 Å². The van der Waals surface area contributed by atoms with Crippen LogP contribution in [0.3, 0.4) is 0 Å². The molecule has 1 aliphatic rings. The van der Waals surface area contributed by atoms with E-state index in [0.717, 1.165) is 16.7 Å². The lowest BCUT2D eigenvalue weighted by Gasteiger charge is -2.13. The molecule has 0 aromatic heterocycles. The van der Waals surface area contributed by atoms with Gasteiger partial charge in [-0.2, -0.15) is 0 Å². The molecule has 0 bridgehead atoms. The first kappa shape index (κ1) is 19.8. The number of methoxy groups -OCH3 is 1. The first-order valence-electron chi connectivity index (χ1n) is 8.12. The van der Waals surface area contributed by atoms with Crippen LogP contribution in [-0.2, 0) is 14.3 Å². The normalized spacial score (nSPS) is 15.7. The molecule has 1 heterocycles. The zero-order chi connectivity index (χ0) is 19.3. The lowest BCUT2D eigenvalue weighted by molar-refractivity contribution is -0.149. The Bertz CT molecular complexity index is 743. The van der Waals surface area contributed by atoms with Gasteiger partial charge < -0.3 is 14.2 Å². The molecule has 0 unspecified atom stereocenters. The number of rotatable bonds is 7. The number of hydrogen-bond acceptors (Lipinski definition) is 7. The van der Waals surface area contributed by atoms with Gasteiger partial charge in [-0.1, -0.05) is 12.1 Å². The summed E-state index contributed by atoms with van der Waals surface area (Å²) < 4.78 is 15.9. The largest absolute Gasteiger partial charge is 0.493 e. The maximum absolute atomic E-state index is 12.5. The van der Waals surface area contributed by atoms with Crippen LogP contribution in [0, 0.1) is 0 Å². The fraction of sp³-hybridized carbons (Fsp3) is 0.389. The van der Waals surface area contributed by atoms with Gasteiger partial charge in [0.05, 0.1) is 24.7 Å². The fourth-order valence-electron chi connectivity index (χ4n) is 2.31. The predicted octanol–water partition coefficient (Wildman–Crippen LogP) is 3.08. The number of para-hydroxylation sites is 1. The first-order chi connectivity index (χ1) is 12.4. The number of ether oxygens (including phenoxy) is 3. The Morgan fingerprint density at radius 3 is 2.65 bits per heavy atom. The Labute approximate surface area is 156 Å². The number of nitrogens with zero attached hydrogens (tertiary/aromatic N) is 1. The third-order valence-corrected chi connectivity index (χ3v) is 4.24. The van der Waals surface area contributed by atoms with Gasteiger partial charge in [-0.3, -0.25) is 19.3 Å². The van der Waals surface area contributed by atoms with E-state index in [0.29, 0.717) is 23.7 Å². The average Bonchev–Trinajstić information content (AvgIpc) is 2.83. The summed E-state index contributed by atoms with van der Waals surface area (Å²) in [5.41, 5.74) is 0.612. The quantitative estimate of drug-likeness (QED) is 0.532. The van der Waals surface area contributed by atoms with Gasteiger partial charge >= 0.3 is 5.97 Å². The fourth-order valence-corrected chi connectivity index (χ4v) is 3.14. The first-order valence-corrected chi connectivity index (χ1v) is 8.93. The smallest absolute Gasteiger partial charge is 0.326 e. The summed E-state index contributed by atoms with van der Waals surface area (Å²) in [6.07, 6.45) is 1.25. The number of amides is 2. The molecule has 1 aromatic carbocycles. The Kier molecular flexibility index (Phi) is 6.68. The molecule has 0 atom stereocenters. The third-order valence-electron chi connectivity index (χ3n) is 3.33. The molecule has 0 radical (unpaired) electrons. The molecule has 8 heteroatoms. The summed E-state index contributed by atoms with van der Waals surface area (Å²) in [7, 11) is 1.52. The van der Waals surface area contributed by atoms with E-state index in [2.05, 4.69) is 0 Å². The molecule has 140 valence electrons. The van der Waals surface area contributed by atoms with Crippen LogP contribution in [0.4, 0.5) is 4.79 Å². The highest BCUT2D eigenvalue weighted by Gasteiger charge is 2.37. The SMILES string of the molecule is CCOc1c(/C=C2/SC(=O)N(CC(=O)OC(C)C)C2=O)cccc1OC. The topological polar surface area (TPSA) is 82.1 Å². The summed E-state index contributed by atoms with van der Waals surface area (Å²) >= 11 is 0.772. The summed E-state index contributed by atoms with van der Waals surface area (Å²) in [4.78, 5) is 37.4. The number of thioether (sulfide) groups is 1. The number of benzene rings is 1. The Morgan fingerprint density at radius 2 is 2.04 bits per heavy atom. The highest BCUT2D eigenvalue weighted by molar-refractivity contribution is 8.18. The number of imide groups is 1. The monoisotopic (exact) mass is 379 g/mol. The molecule has 1 aromatic rings. The van der Waals surface area contributed by atoms with Gasteiger partial charge in [-0.15, -0.1) is 0 Å². The minimum absolute atomic E-state index is 0.210. The number of carbonyl (C=O) groups is 3. The van der Waals surface area contributed by atoms with E-state index in [1.807, 2.05) is 6.92 Å². The standard InChI is InChI=1S/C18H21NO6S/c1-5-24-16-12(7-6-8-13(16)23-4)9-14-17(21)19(18(22)26-14)10-15(20)25-11(2)3/h6-9,11H,5,10H2,1-4H3/b14-9+. The Balaban J connectivity index is 2.26. The van der Waals surface area contributed by atoms with E-state index in [-0.39, 0.29) is 11.0 Å². The van der Waals surface area contributed by atoms with Crippen LogP contribution in [0.2, 0.25) is 0 Å². The average molecular weight is 379 g/mol. The molecule has 26 heavy (non-hydrogen) atoms. The van der Waals surface area contributed by atoms with E-state index in [4.69, 9.17) is 14.2 Å². The predicted molar refractivity (Wildman–Crippen MR) is 98.1 cm³/mol. The lowest BCUT2D eigenvalue weighted by atomic mass is 10.1. The van der Waals surface area contributed by atoms with Crippen molar-refractivity contribution < 1.29 is 28.6 Å². The lowest BCUT2D eigenvalue weighted by Crippen LogP contribution is -2.35. The van der Waals surface area contributed by atoms with Crippen molar-refractivity contribution in [3.63, 3.8) is 0 Å². The molecule has 0 spiro atoms. The molecule has 1 saturated heterocycles. The molecule has 1 aliphatic heterocycles. The van der Waals surface area contributed by atoms with Crippen LogP contribution in [0.25, 0.3) is 6.08 Å². The second-order valence-electron chi connectivity index (χ2n) is 5.62. The second kappa shape index (κ2) is 8.75. The summed E-state index contributed by atoms with van der Waals surface area (Å²) in [5, 5.41) is -0.511. The van der Waals surface area contributed by atoms with Crippen molar-refractivity contribution in [1.82, 2.24) is 4.90 Å². The van der Waals surface area contributed by atoms with Gasteiger partial charge in [0.25, 0.3) is 11.1 Å². The molecule has 1 fully saturated rings. The van der Waals surface area contributed by atoms with Crippen molar-refractivity contribution in [3.05, 3.63) is 28.7 Å². The zero-order valence-corrected chi connectivity index (χ0v) is 15.9. The number of carbonyl (C=O) groups excluding carboxylic acids is 3. The summed E-state index contributed by atoms with van der Waals surface area (Å²) in [6.45, 7) is 5.25. The van der Waals surface area contributed by atoms with E-state index >= 15 is 0 Å². The maximum Gasteiger partial charge on any atom is 0.326 e. The van der Waals surface area contributed by atoms with Crippen molar-refractivity contribution in [2.75, 3.05) is 20.3 Å². The third kappa shape index (κ3) is 4.57. The Hall–Kier alpha value is -2.48. The minimum Gasteiger partial charge on any atom is -0.493 e. The molecule has 0 saturated carbocycles. The van der Waals surface area contributed by atoms with Crippen molar-refractivity contribution >= 4 is 35.0 Å². The van der Waals surface area contributed by atoms with Crippen LogP contribution in [0.15, 0.2) is 23.1 Å². The maximum atomic E-state index is 12.5. The van der Waals surface area contributed by atoms with Crippen LogP contribution >= 0.6 is 11.8 Å². The van der Waals surface area contributed by atoms with E-state index in [1.165, 1.54) is 7.11 Å².